The Morgan fingerprint density at radius 2 is 1.74 bits per heavy atom. The Hall–Kier alpha value is -3.11. The molecule has 7 nitrogen and oxygen atoms in total. The third-order valence-corrected chi connectivity index (χ3v) is 7.15. The van der Waals surface area contributed by atoms with Gasteiger partial charge >= 0.3 is 0 Å². The van der Waals surface area contributed by atoms with E-state index in [-0.39, 0.29) is 35.6 Å². The first kappa shape index (κ1) is 21.1. The van der Waals surface area contributed by atoms with E-state index >= 15 is 0 Å². The first-order chi connectivity index (χ1) is 14.8. The minimum Gasteiger partial charge on any atom is -0.309 e. The van der Waals surface area contributed by atoms with Crippen LogP contribution >= 0.6 is 0 Å². The summed E-state index contributed by atoms with van der Waals surface area (Å²) in [4.78, 5) is 12.6. The zero-order chi connectivity index (χ0) is 22.0. The van der Waals surface area contributed by atoms with Gasteiger partial charge in [0.25, 0.3) is 0 Å². The zero-order valence-corrected chi connectivity index (χ0v) is 17.2. The van der Waals surface area contributed by atoms with E-state index in [4.69, 9.17) is 0 Å². The number of aromatic nitrogens is 2. The standard InChI is InChI=1S/C21H20F2N4O3S/c22-16-4-6-18(7-5-16)31(29,30)27-10-8-14(9-11-27)21(28)24-20-13-19(25-26-20)15-2-1-3-17(23)12-15/h1-7,12-14H,8-11H2,(H2,24,25,26,28). The number of nitrogens with one attached hydrogen (secondary N) is 2. The number of H-pyrrole nitrogens is 1. The first-order valence-corrected chi connectivity index (χ1v) is 11.1. The largest absolute Gasteiger partial charge is 0.309 e. The van der Waals surface area contributed by atoms with Crippen molar-refractivity contribution < 1.29 is 22.0 Å². The summed E-state index contributed by atoms with van der Waals surface area (Å²) in [6.45, 7) is 0.375. The van der Waals surface area contributed by atoms with Gasteiger partial charge in [0.15, 0.2) is 5.82 Å². The number of hydrogen-bond donors (Lipinski definition) is 2. The summed E-state index contributed by atoms with van der Waals surface area (Å²) < 4.78 is 53.1. The minimum atomic E-state index is -3.73. The van der Waals surface area contributed by atoms with Crippen LogP contribution in [0, 0.1) is 17.6 Å². The second kappa shape index (κ2) is 8.56. The number of aromatic amines is 1. The fourth-order valence-electron chi connectivity index (χ4n) is 3.53. The van der Waals surface area contributed by atoms with Gasteiger partial charge in [0, 0.05) is 30.6 Å². The van der Waals surface area contributed by atoms with Crippen LogP contribution in [0.25, 0.3) is 11.3 Å². The molecule has 0 atom stereocenters. The fourth-order valence-corrected chi connectivity index (χ4v) is 5.00. The predicted octanol–water partition coefficient (Wildman–Crippen LogP) is 3.39. The van der Waals surface area contributed by atoms with Gasteiger partial charge in [-0.15, -0.1) is 0 Å². The molecule has 0 bridgehead atoms. The molecule has 0 aliphatic carbocycles. The highest BCUT2D eigenvalue weighted by molar-refractivity contribution is 7.89. The number of hydrogen-bond acceptors (Lipinski definition) is 4. The summed E-state index contributed by atoms with van der Waals surface area (Å²) in [6.07, 6.45) is 0.709. The van der Waals surface area contributed by atoms with Crippen molar-refractivity contribution in [1.29, 1.82) is 0 Å². The van der Waals surface area contributed by atoms with Gasteiger partial charge in [-0.25, -0.2) is 17.2 Å². The van der Waals surface area contributed by atoms with E-state index in [2.05, 4.69) is 15.5 Å². The Morgan fingerprint density at radius 1 is 1.03 bits per heavy atom. The van der Waals surface area contributed by atoms with Crippen LogP contribution in [0.5, 0.6) is 0 Å². The van der Waals surface area contributed by atoms with Crippen LogP contribution in [0.2, 0.25) is 0 Å². The van der Waals surface area contributed by atoms with Crippen molar-refractivity contribution in [2.75, 3.05) is 18.4 Å². The van der Waals surface area contributed by atoms with Crippen LogP contribution in [0.4, 0.5) is 14.6 Å². The third kappa shape index (κ3) is 4.64. The lowest BCUT2D eigenvalue weighted by molar-refractivity contribution is -0.120. The van der Waals surface area contributed by atoms with Crippen molar-refractivity contribution in [3.05, 3.63) is 66.2 Å². The molecule has 0 radical (unpaired) electrons. The Morgan fingerprint density at radius 3 is 2.42 bits per heavy atom. The second-order valence-corrected chi connectivity index (χ2v) is 9.24. The van der Waals surface area contributed by atoms with E-state index in [0.29, 0.717) is 29.9 Å². The maximum Gasteiger partial charge on any atom is 0.243 e. The molecule has 2 aromatic carbocycles. The van der Waals surface area contributed by atoms with Crippen molar-refractivity contribution in [3.63, 3.8) is 0 Å². The van der Waals surface area contributed by atoms with Gasteiger partial charge in [-0.05, 0) is 49.2 Å². The normalized spacial score (nSPS) is 15.7. The second-order valence-electron chi connectivity index (χ2n) is 7.30. The van der Waals surface area contributed by atoms with Crippen LogP contribution in [0.15, 0.2) is 59.5 Å². The summed E-state index contributed by atoms with van der Waals surface area (Å²) in [5.41, 5.74) is 1.17. The molecular formula is C21H20F2N4O3S. The molecule has 1 aliphatic rings. The molecule has 0 spiro atoms. The van der Waals surface area contributed by atoms with Gasteiger partial charge in [0.05, 0.1) is 10.6 Å². The molecule has 1 fully saturated rings. The fraction of sp³-hybridized carbons (Fsp3) is 0.238. The first-order valence-electron chi connectivity index (χ1n) is 9.71. The Bertz CT molecular complexity index is 1190. The highest BCUT2D eigenvalue weighted by atomic mass is 32.2. The van der Waals surface area contributed by atoms with Crippen molar-refractivity contribution in [2.45, 2.75) is 17.7 Å². The lowest BCUT2D eigenvalue weighted by atomic mass is 9.97. The smallest absolute Gasteiger partial charge is 0.243 e. The number of sulfonamides is 1. The number of carbonyl (C=O) groups is 1. The van der Waals surface area contributed by atoms with Crippen LogP contribution < -0.4 is 5.32 Å². The van der Waals surface area contributed by atoms with Gasteiger partial charge in [-0.1, -0.05) is 12.1 Å². The maximum absolute atomic E-state index is 13.4. The maximum atomic E-state index is 13.4. The number of benzene rings is 2. The third-order valence-electron chi connectivity index (χ3n) is 5.24. The molecule has 2 heterocycles. The predicted molar refractivity (Wildman–Crippen MR) is 110 cm³/mol. The van der Waals surface area contributed by atoms with E-state index in [1.165, 1.54) is 28.6 Å². The summed E-state index contributed by atoms with van der Waals surface area (Å²) >= 11 is 0. The van der Waals surface area contributed by atoms with Crippen LogP contribution in [-0.2, 0) is 14.8 Å². The number of piperidine rings is 1. The van der Waals surface area contributed by atoms with Crippen LogP contribution in [0.3, 0.4) is 0 Å². The lowest BCUT2D eigenvalue weighted by Crippen LogP contribution is -2.41. The molecule has 31 heavy (non-hydrogen) atoms. The summed E-state index contributed by atoms with van der Waals surface area (Å²) in [5, 5.41) is 9.53. The summed E-state index contributed by atoms with van der Waals surface area (Å²) in [6, 6.07) is 12.3. The van der Waals surface area contributed by atoms with Crippen molar-refractivity contribution in [3.8, 4) is 11.3 Å². The molecule has 0 unspecified atom stereocenters. The Labute approximate surface area is 178 Å². The Balaban J connectivity index is 1.36. The molecule has 162 valence electrons. The van der Waals surface area contributed by atoms with Crippen LogP contribution in [0.1, 0.15) is 12.8 Å². The molecule has 3 aromatic rings. The molecule has 1 saturated heterocycles. The summed E-state index contributed by atoms with van der Waals surface area (Å²) in [5.74, 6) is -1.19. The number of nitrogens with zero attached hydrogens (tertiary/aromatic N) is 2. The zero-order valence-electron chi connectivity index (χ0n) is 16.4. The monoisotopic (exact) mass is 446 g/mol. The van der Waals surface area contributed by atoms with Gasteiger partial charge in [-0.3, -0.25) is 9.89 Å². The number of halogens is 2. The highest BCUT2D eigenvalue weighted by Crippen LogP contribution is 2.26. The number of amides is 1. The molecule has 2 N–H and O–H groups in total. The molecule has 4 rings (SSSR count). The topological polar surface area (TPSA) is 95.2 Å². The molecular weight excluding hydrogens is 426 g/mol. The van der Waals surface area contributed by atoms with Gasteiger partial charge in [0.1, 0.15) is 11.6 Å². The quantitative estimate of drug-likeness (QED) is 0.628. The van der Waals surface area contributed by atoms with Gasteiger partial charge in [-0.2, -0.15) is 9.40 Å². The average molecular weight is 446 g/mol. The van der Waals surface area contributed by atoms with E-state index in [9.17, 15) is 22.0 Å². The highest BCUT2D eigenvalue weighted by Gasteiger charge is 2.32. The molecule has 1 aromatic heterocycles. The number of rotatable bonds is 5. The van der Waals surface area contributed by atoms with E-state index in [1.54, 1.807) is 18.2 Å². The van der Waals surface area contributed by atoms with Crippen molar-refractivity contribution in [2.24, 2.45) is 5.92 Å². The molecule has 0 saturated carbocycles. The SMILES string of the molecule is O=C(Nc1cc(-c2cccc(F)c2)[nH]n1)C1CCN(S(=O)(=O)c2ccc(F)cc2)CC1. The minimum absolute atomic E-state index is 0.0261. The molecule has 1 aliphatic heterocycles. The number of carbonyl (C=O) groups excluding carboxylic acids is 1. The lowest BCUT2D eigenvalue weighted by Gasteiger charge is -2.30. The van der Waals surface area contributed by atoms with Crippen molar-refractivity contribution >= 4 is 21.7 Å². The Kier molecular flexibility index (Phi) is 5.84. The van der Waals surface area contributed by atoms with E-state index < -0.39 is 15.8 Å². The molecule has 1 amide bonds. The van der Waals surface area contributed by atoms with E-state index in [1.807, 2.05) is 0 Å². The number of anilines is 1. The van der Waals surface area contributed by atoms with Crippen molar-refractivity contribution in [1.82, 2.24) is 14.5 Å². The van der Waals surface area contributed by atoms with Gasteiger partial charge < -0.3 is 5.32 Å². The van der Waals surface area contributed by atoms with Crippen LogP contribution in [-0.4, -0.2) is 41.9 Å². The summed E-state index contributed by atoms with van der Waals surface area (Å²) in [7, 11) is -3.73. The van der Waals surface area contributed by atoms with Gasteiger partial charge in [0.2, 0.25) is 15.9 Å². The average Bonchev–Trinajstić information content (AvgIpc) is 3.23. The van der Waals surface area contributed by atoms with E-state index in [0.717, 1.165) is 12.1 Å². The molecule has 10 heteroatoms.